The molecule has 4 aromatic rings. The molecule has 8 nitrogen and oxygen atoms in total. The van der Waals surface area contributed by atoms with Crippen LogP contribution in [0.5, 0.6) is 17.2 Å². The van der Waals surface area contributed by atoms with E-state index in [2.05, 4.69) is 21.2 Å². The van der Waals surface area contributed by atoms with E-state index in [1.807, 2.05) is 48.5 Å². The molecule has 11 heteroatoms. The van der Waals surface area contributed by atoms with Crippen LogP contribution in [0.2, 0.25) is 10.0 Å². The molecule has 1 heterocycles. The molecule has 0 aromatic heterocycles. The van der Waals surface area contributed by atoms with E-state index in [1.54, 1.807) is 50.6 Å². The molecule has 0 radical (unpaired) electrons. The maximum absolute atomic E-state index is 14.6. The minimum atomic E-state index is -1.47. The highest BCUT2D eigenvalue weighted by Crippen LogP contribution is 2.45. The molecule has 2 atom stereocenters. The summed E-state index contributed by atoms with van der Waals surface area (Å²) in [6.07, 6.45) is -0.170. The Bertz CT molecular complexity index is 1700. The largest absolute Gasteiger partial charge is 0.494 e. The number of nitrogens with zero attached hydrogens (tertiary/aromatic N) is 1. The number of nitrogens with one attached hydrogen (secondary N) is 1. The number of rotatable bonds is 13. The summed E-state index contributed by atoms with van der Waals surface area (Å²) in [6.45, 7) is 0.580. The molecule has 46 heavy (non-hydrogen) atoms. The molecule has 0 spiro atoms. The average molecular weight is 728 g/mol. The van der Waals surface area contributed by atoms with Gasteiger partial charge >= 0.3 is 0 Å². The third kappa shape index (κ3) is 7.44. The minimum Gasteiger partial charge on any atom is -0.494 e. The van der Waals surface area contributed by atoms with Gasteiger partial charge in [-0.3, -0.25) is 4.79 Å². The molecule has 4 aromatic carbocycles. The number of ether oxygens (including phenoxy) is 4. The molecule has 0 unspecified atom stereocenters. The smallest absolute Gasteiger partial charge is 0.252 e. The first kappa shape index (κ1) is 33.6. The predicted octanol–water partition coefficient (Wildman–Crippen LogP) is 7.35. The lowest BCUT2D eigenvalue weighted by atomic mass is 9.82. The molecule has 1 amide bonds. The van der Waals surface area contributed by atoms with Crippen LogP contribution in [-0.2, 0) is 22.5 Å². The number of para-hydroxylation sites is 1. The van der Waals surface area contributed by atoms with Crippen LogP contribution < -0.4 is 19.5 Å². The average Bonchev–Trinajstić information content (AvgIpc) is 3.44. The van der Waals surface area contributed by atoms with Gasteiger partial charge in [-0.2, -0.15) is 0 Å². The van der Waals surface area contributed by atoms with Crippen molar-refractivity contribution >= 4 is 50.9 Å². The highest BCUT2D eigenvalue weighted by Gasteiger charge is 2.54. The number of methoxy groups -OCH3 is 2. The molecule has 0 bridgehead atoms. The maximum atomic E-state index is 14.6. The standard InChI is InChI=1S/C35H33BrCl2N2O6/c1-43-30-6-3-5-24(31(30)44-2)21-39-34(42)35(20-22-7-11-25(36)12-8-22)32(28-16-13-26(37)19-29(28)38)46-33(40-35)23-9-14-27(15-10-23)45-18-4-17-41/h3,5-16,19,32,41H,4,17-18,20-21H2,1-2H3,(H,39,42)/t32-,35-/m1/s1. The molecule has 0 fully saturated rings. The molecule has 2 N–H and O–H groups in total. The number of hydrogen-bond donors (Lipinski definition) is 2. The number of carbonyl (C=O) groups is 1. The van der Waals surface area contributed by atoms with Gasteiger partial charge in [0.2, 0.25) is 5.90 Å². The summed E-state index contributed by atoms with van der Waals surface area (Å²) in [7, 11) is 3.12. The maximum Gasteiger partial charge on any atom is 0.252 e. The van der Waals surface area contributed by atoms with Gasteiger partial charge in [0.1, 0.15) is 5.75 Å². The number of benzene rings is 4. The van der Waals surface area contributed by atoms with Crippen molar-refractivity contribution in [1.29, 1.82) is 0 Å². The summed E-state index contributed by atoms with van der Waals surface area (Å²) in [5.74, 6) is 1.63. The van der Waals surface area contributed by atoms with Gasteiger partial charge in [0.05, 0.1) is 20.8 Å². The second kappa shape index (κ2) is 15.2. The van der Waals surface area contributed by atoms with Gasteiger partial charge in [-0.15, -0.1) is 0 Å². The fraction of sp³-hybridized carbons (Fsp3) is 0.257. The summed E-state index contributed by atoms with van der Waals surface area (Å²) in [6, 6.07) is 25.6. The van der Waals surface area contributed by atoms with E-state index in [-0.39, 0.29) is 31.4 Å². The number of aliphatic hydroxyl groups excluding tert-OH is 1. The lowest BCUT2D eigenvalue weighted by Crippen LogP contribution is -2.49. The summed E-state index contributed by atoms with van der Waals surface area (Å²) in [5, 5.41) is 13.0. The van der Waals surface area contributed by atoms with Crippen LogP contribution in [0.3, 0.4) is 0 Å². The molecule has 0 saturated carbocycles. The molecule has 1 aliphatic rings. The van der Waals surface area contributed by atoms with E-state index in [9.17, 15) is 4.79 Å². The van der Waals surface area contributed by atoms with Crippen molar-refractivity contribution in [3.63, 3.8) is 0 Å². The summed E-state index contributed by atoms with van der Waals surface area (Å²) >= 11 is 16.5. The fourth-order valence-corrected chi connectivity index (χ4v) is 6.08. The van der Waals surface area contributed by atoms with Crippen LogP contribution in [0.25, 0.3) is 0 Å². The molecule has 1 aliphatic heterocycles. The highest BCUT2D eigenvalue weighted by molar-refractivity contribution is 9.10. The molecular weight excluding hydrogens is 695 g/mol. The third-order valence-corrected chi connectivity index (χ3v) is 8.68. The van der Waals surface area contributed by atoms with Gasteiger partial charge in [0.25, 0.3) is 5.91 Å². The van der Waals surface area contributed by atoms with Gasteiger partial charge < -0.3 is 29.4 Å². The number of carbonyl (C=O) groups excluding carboxylic acids is 1. The number of halogens is 3. The first-order valence-electron chi connectivity index (χ1n) is 14.6. The Morgan fingerprint density at radius 2 is 1.78 bits per heavy atom. The lowest BCUT2D eigenvalue weighted by Gasteiger charge is -2.31. The van der Waals surface area contributed by atoms with Crippen molar-refractivity contribution in [3.8, 4) is 17.2 Å². The second-order valence-electron chi connectivity index (χ2n) is 10.6. The van der Waals surface area contributed by atoms with Crippen molar-refractivity contribution in [2.45, 2.75) is 31.0 Å². The fourth-order valence-electron chi connectivity index (χ4n) is 5.31. The molecular formula is C35H33BrCl2N2O6. The number of aliphatic hydroxyl groups is 1. The Balaban J connectivity index is 1.59. The van der Waals surface area contributed by atoms with Gasteiger partial charge in [0, 0.05) is 57.2 Å². The van der Waals surface area contributed by atoms with E-state index in [0.717, 1.165) is 15.6 Å². The van der Waals surface area contributed by atoms with Crippen LogP contribution >= 0.6 is 39.1 Å². The lowest BCUT2D eigenvalue weighted by molar-refractivity contribution is -0.129. The quantitative estimate of drug-likeness (QED) is 0.140. The van der Waals surface area contributed by atoms with E-state index in [4.69, 9.17) is 52.2 Å². The van der Waals surface area contributed by atoms with Crippen LogP contribution in [0.15, 0.2) is 94.4 Å². The van der Waals surface area contributed by atoms with E-state index in [0.29, 0.717) is 51.4 Å². The zero-order valence-electron chi connectivity index (χ0n) is 25.3. The Hall–Kier alpha value is -3.76. The molecule has 240 valence electrons. The number of hydrogen-bond acceptors (Lipinski definition) is 7. The topological polar surface area (TPSA) is 98.6 Å². The summed E-state index contributed by atoms with van der Waals surface area (Å²) < 4.78 is 24.3. The SMILES string of the molecule is COc1cccc(CNC(=O)[C@]2(Cc3ccc(Br)cc3)N=C(c3ccc(OCCCO)cc3)O[C@@H]2c2ccc(Cl)cc2Cl)c1OC. The predicted molar refractivity (Wildman–Crippen MR) is 182 cm³/mol. The first-order chi connectivity index (χ1) is 22.3. The van der Waals surface area contributed by atoms with Gasteiger partial charge in [-0.1, -0.05) is 69.5 Å². The highest BCUT2D eigenvalue weighted by atomic mass is 79.9. The Morgan fingerprint density at radius 1 is 1.02 bits per heavy atom. The van der Waals surface area contributed by atoms with Crippen molar-refractivity contribution < 1.29 is 28.8 Å². The van der Waals surface area contributed by atoms with Crippen LogP contribution in [0.4, 0.5) is 0 Å². The van der Waals surface area contributed by atoms with Crippen molar-refractivity contribution in [3.05, 3.63) is 122 Å². The molecule has 0 saturated heterocycles. The second-order valence-corrected chi connectivity index (χ2v) is 12.4. The minimum absolute atomic E-state index is 0.0461. The van der Waals surface area contributed by atoms with Crippen LogP contribution in [0, 0.1) is 0 Å². The van der Waals surface area contributed by atoms with E-state index in [1.165, 1.54) is 0 Å². The first-order valence-corrected chi connectivity index (χ1v) is 16.1. The van der Waals surface area contributed by atoms with E-state index < -0.39 is 11.6 Å². The summed E-state index contributed by atoms with van der Waals surface area (Å²) in [5.41, 5.74) is 1.36. The van der Waals surface area contributed by atoms with Crippen molar-refractivity contribution in [2.24, 2.45) is 4.99 Å². The third-order valence-electron chi connectivity index (χ3n) is 7.59. The normalized spacial score (nSPS) is 17.2. The van der Waals surface area contributed by atoms with Crippen molar-refractivity contribution in [1.82, 2.24) is 5.32 Å². The number of aliphatic imine (C=N–C) groups is 1. The summed E-state index contributed by atoms with van der Waals surface area (Å²) in [4.78, 5) is 19.7. The Morgan fingerprint density at radius 3 is 2.46 bits per heavy atom. The van der Waals surface area contributed by atoms with Crippen LogP contribution in [-0.4, -0.2) is 49.9 Å². The zero-order chi connectivity index (χ0) is 32.7. The van der Waals surface area contributed by atoms with Gasteiger partial charge in [0.15, 0.2) is 23.1 Å². The molecule has 5 rings (SSSR count). The number of amides is 1. The Labute approximate surface area is 286 Å². The van der Waals surface area contributed by atoms with Gasteiger partial charge in [-0.25, -0.2) is 4.99 Å². The molecule has 0 aliphatic carbocycles. The monoisotopic (exact) mass is 726 g/mol. The van der Waals surface area contributed by atoms with E-state index >= 15 is 0 Å². The van der Waals surface area contributed by atoms with Crippen LogP contribution in [0.1, 0.15) is 34.8 Å². The van der Waals surface area contributed by atoms with Crippen molar-refractivity contribution in [2.75, 3.05) is 27.4 Å². The Kier molecular flexibility index (Phi) is 11.1. The van der Waals surface area contributed by atoms with Gasteiger partial charge in [-0.05, 0) is 60.2 Å². The zero-order valence-corrected chi connectivity index (χ0v) is 28.4.